The number of hydrogen-bond donors (Lipinski definition) is 1. The molecule has 0 fully saturated rings. The summed E-state index contributed by atoms with van der Waals surface area (Å²) in [5.74, 6) is 0. The smallest absolute Gasteiger partial charge is 0.0777 e. The minimum absolute atomic E-state index is 1.08. The molecule has 1 aromatic carbocycles. The van der Waals surface area contributed by atoms with Gasteiger partial charge in [0.15, 0.2) is 0 Å². The van der Waals surface area contributed by atoms with Crippen LogP contribution < -0.4 is 14.0 Å². The number of hydrogen-bond acceptors (Lipinski definition) is 5. The molecule has 1 aromatic heterocycles. The highest BCUT2D eigenvalue weighted by Gasteiger charge is 1.99. The van der Waals surface area contributed by atoms with Gasteiger partial charge in [-0.05, 0) is 18.6 Å². The highest BCUT2D eigenvalue weighted by atomic mass is 35.7. The van der Waals surface area contributed by atoms with Crippen molar-refractivity contribution in [3.8, 4) is 11.1 Å². The fraction of sp³-hybridized carbons (Fsp3) is 0.0833. The van der Waals surface area contributed by atoms with Crippen LogP contribution in [0.5, 0.6) is 0 Å². The lowest BCUT2D eigenvalue weighted by molar-refractivity contribution is -1.92. The van der Waals surface area contributed by atoms with E-state index in [-0.39, 0.29) is 0 Å². The molecule has 1 heterocycles. The zero-order chi connectivity index (χ0) is 13.6. The van der Waals surface area contributed by atoms with E-state index in [1.54, 1.807) is 0 Å². The Kier molecular flexibility index (Phi) is 5.21. The van der Waals surface area contributed by atoms with Gasteiger partial charge in [0.25, 0.3) is 0 Å². The molecule has 0 amide bonds. The van der Waals surface area contributed by atoms with Crippen molar-refractivity contribution in [2.75, 3.05) is 0 Å². The predicted molar refractivity (Wildman–Crippen MR) is 56.6 cm³/mol. The molecule has 0 aliphatic rings. The van der Waals surface area contributed by atoms with E-state index in [1.807, 2.05) is 37.4 Å². The van der Waals surface area contributed by atoms with Gasteiger partial charge in [-0.2, -0.15) is 14.0 Å². The maximum Gasteiger partial charge on any atom is 0.0777 e. The van der Waals surface area contributed by atoms with Crippen LogP contribution in [0.4, 0.5) is 0 Å². The number of pyridine rings is 1. The molecule has 5 nitrogen and oxygen atoms in total. The predicted octanol–water partition coefficient (Wildman–Crippen LogP) is -1.07. The van der Waals surface area contributed by atoms with E-state index in [1.165, 1.54) is 11.1 Å². The van der Waals surface area contributed by atoms with Gasteiger partial charge in [-0.3, -0.25) is 4.98 Å². The van der Waals surface area contributed by atoms with Crippen LogP contribution in [0.25, 0.3) is 11.1 Å². The first-order valence-electron chi connectivity index (χ1n) is 4.98. The van der Waals surface area contributed by atoms with Crippen molar-refractivity contribution in [3.05, 3.63) is 54.4 Å². The minimum Gasteiger partial charge on any atom is -0.261 e. The first kappa shape index (κ1) is 14.6. The molecule has 6 heteroatoms. The lowest BCUT2D eigenvalue weighted by Crippen LogP contribution is -2.58. The third-order valence-corrected chi connectivity index (χ3v) is 2.09. The van der Waals surface area contributed by atoms with E-state index < -0.39 is 10.2 Å². The van der Waals surface area contributed by atoms with Crippen molar-refractivity contribution in [3.63, 3.8) is 0 Å². The molecule has 0 aliphatic heterocycles. The van der Waals surface area contributed by atoms with Gasteiger partial charge < -0.3 is 0 Å². The summed E-state index contributed by atoms with van der Waals surface area (Å²) in [6.45, 7) is 2.03. The van der Waals surface area contributed by atoms with Crippen LogP contribution >= 0.6 is 0 Å². The fourth-order valence-electron chi connectivity index (χ4n) is 1.41. The molecular weight excluding hydrogens is 258 g/mol. The first-order chi connectivity index (χ1) is 8.38. The van der Waals surface area contributed by atoms with Crippen LogP contribution in [-0.4, -0.2) is 9.64 Å². The summed E-state index contributed by atoms with van der Waals surface area (Å²) in [6.07, 6.45) is 1.82. The Balaban J connectivity index is 0.000000280. The first-order valence-corrected chi connectivity index (χ1v) is 6.24. The van der Waals surface area contributed by atoms with Gasteiger partial charge in [0.05, 0.1) is 14.9 Å². The normalized spacial score (nSPS) is 10.5. The highest BCUT2D eigenvalue weighted by molar-refractivity contribution is 5.65. The summed E-state index contributed by atoms with van der Waals surface area (Å²) in [5.41, 5.74) is 3.52. The number of benzene rings is 1. The number of rotatable bonds is 1. The van der Waals surface area contributed by atoms with Crippen molar-refractivity contribution in [1.29, 1.82) is 0 Å². The standard InChI is InChI=1S/C12H11N.ClHO4/c1-10-12(8-5-9-13-10)11-6-3-2-4-7-11;2-1(3,4)5/h2-9H,1H3;(H,2,3,4,5). The van der Waals surface area contributed by atoms with Crippen molar-refractivity contribution in [1.82, 2.24) is 4.98 Å². The zero-order valence-corrected chi connectivity index (χ0v) is 10.4. The highest BCUT2D eigenvalue weighted by Crippen LogP contribution is 2.20. The van der Waals surface area contributed by atoms with Crippen LogP contribution in [0, 0.1) is 17.2 Å². The SMILES string of the molecule is Cc1ncccc1-c1ccccc1.[O-][Cl+3]([O-])([O-])O. The zero-order valence-electron chi connectivity index (χ0n) is 9.62. The molecule has 0 aliphatic carbocycles. The van der Waals surface area contributed by atoms with Crippen molar-refractivity contribution in [2.24, 2.45) is 0 Å². The van der Waals surface area contributed by atoms with Gasteiger partial charge in [-0.1, -0.05) is 36.4 Å². The summed E-state index contributed by atoms with van der Waals surface area (Å²) >= 11 is 0. The lowest BCUT2D eigenvalue weighted by atomic mass is 10.1. The van der Waals surface area contributed by atoms with E-state index in [0.717, 1.165) is 5.69 Å². The van der Waals surface area contributed by atoms with Crippen LogP contribution in [0.3, 0.4) is 0 Å². The second-order valence-corrected chi connectivity index (χ2v) is 4.19. The van der Waals surface area contributed by atoms with Crippen molar-refractivity contribution >= 4 is 0 Å². The Hall–Kier alpha value is -1.50. The fourth-order valence-corrected chi connectivity index (χ4v) is 1.41. The Morgan fingerprint density at radius 1 is 1.00 bits per heavy atom. The minimum atomic E-state index is -4.69. The lowest BCUT2D eigenvalue weighted by Gasteiger charge is -2.03. The molecule has 0 unspecified atom stereocenters. The van der Waals surface area contributed by atoms with E-state index in [0.29, 0.717) is 0 Å². The third-order valence-electron chi connectivity index (χ3n) is 2.09. The molecule has 0 atom stereocenters. The largest absolute Gasteiger partial charge is 0.261 e. The van der Waals surface area contributed by atoms with Gasteiger partial charge in [0, 0.05) is 17.5 Å². The van der Waals surface area contributed by atoms with Gasteiger partial charge >= 0.3 is 0 Å². The van der Waals surface area contributed by atoms with Gasteiger partial charge in [0.1, 0.15) is 0 Å². The molecule has 96 valence electrons. The molecule has 0 radical (unpaired) electrons. The number of aromatic nitrogens is 1. The van der Waals surface area contributed by atoms with Gasteiger partial charge in [0.2, 0.25) is 0 Å². The monoisotopic (exact) mass is 269 g/mol. The van der Waals surface area contributed by atoms with Gasteiger partial charge in [-0.25, -0.2) is 0 Å². The molecule has 0 saturated carbocycles. The summed E-state index contributed by atoms with van der Waals surface area (Å²) in [7, 11) is -4.69. The molecule has 2 aromatic rings. The van der Waals surface area contributed by atoms with Crippen molar-refractivity contribution < 1.29 is 28.9 Å². The average molecular weight is 270 g/mol. The second kappa shape index (κ2) is 6.44. The summed E-state index contributed by atoms with van der Waals surface area (Å²) < 4.78 is 32.7. The molecule has 1 N–H and O–H groups in total. The van der Waals surface area contributed by atoms with E-state index in [4.69, 9.17) is 18.6 Å². The maximum atomic E-state index is 8.60. The summed E-state index contributed by atoms with van der Waals surface area (Å²) in [4.78, 5) is 4.26. The maximum absolute atomic E-state index is 8.60. The van der Waals surface area contributed by atoms with Crippen LogP contribution in [0.2, 0.25) is 0 Å². The Morgan fingerprint density at radius 2 is 1.56 bits per heavy atom. The number of nitrogens with zero attached hydrogens (tertiary/aromatic N) is 1. The molecule has 0 spiro atoms. The van der Waals surface area contributed by atoms with Crippen LogP contribution in [0.15, 0.2) is 48.7 Å². The Morgan fingerprint density at radius 3 is 2.06 bits per heavy atom. The number of aryl methyl sites for hydroxylation is 1. The molecule has 0 saturated heterocycles. The Bertz CT molecular complexity index is 479. The molecule has 0 bridgehead atoms. The van der Waals surface area contributed by atoms with Gasteiger partial charge in [-0.15, -0.1) is 0 Å². The van der Waals surface area contributed by atoms with E-state index in [2.05, 4.69) is 23.2 Å². The van der Waals surface area contributed by atoms with Crippen molar-refractivity contribution in [2.45, 2.75) is 6.92 Å². The van der Waals surface area contributed by atoms with Crippen LogP contribution in [-0.2, 0) is 0 Å². The average Bonchev–Trinajstić information content (AvgIpc) is 2.29. The summed E-state index contributed by atoms with van der Waals surface area (Å²) in [6, 6.07) is 14.4. The third kappa shape index (κ3) is 5.72. The van der Waals surface area contributed by atoms with E-state index >= 15 is 0 Å². The Labute approximate surface area is 107 Å². The van der Waals surface area contributed by atoms with E-state index in [9.17, 15) is 0 Å². The topological polar surface area (TPSA) is 102 Å². The number of halogens is 1. The quantitative estimate of drug-likeness (QED) is 0.710. The summed E-state index contributed by atoms with van der Waals surface area (Å²) in [5, 5.41) is 0. The molecule has 18 heavy (non-hydrogen) atoms. The molecular formula is C12H12ClNO4. The second-order valence-electron chi connectivity index (χ2n) is 3.40. The molecule has 2 rings (SSSR count). The van der Waals surface area contributed by atoms with Crippen LogP contribution in [0.1, 0.15) is 5.69 Å².